The molecule has 1 aromatic rings. The van der Waals surface area contributed by atoms with E-state index in [-0.39, 0.29) is 0 Å². The average molecular weight is 288 g/mol. The molecule has 0 aliphatic carbocycles. The molecule has 0 aliphatic heterocycles. The van der Waals surface area contributed by atoms with Crippen LogP contribution in [0.15, 0.2) is 29.2 Å². The van der Waals surface area contributed by atoms with Gasteiger partial charge in [0.15, 0.2) is 0 Å². The molecule has 0 aliphatic rings. The van der Waals surface area contributed by atoms with Gasteiger partial charge in [-0.1, -0.05) is 25.1 Å². The van der Waals surface area contributed by atoms with E-state index in [1.54, 1.807) is 11.8 Å². The molecule has 0 saturated carbocycles. The van der Waals surface area contributed by atoms with Gasteiger partial charge in [-0.05, 0) is 31.2 Å². The number of hydrogen-bond donors (Lipinski definition) is 0. The molecule has 3 nitrogen and oxygen atoms in total. The Labute approximate surface area is 114 Å². The second kappa shape index (κ2) is 8.00. The molecular formula is C13H21O3PS. The van der Waals surface area contributed by atoms with Crippen LogP contribution in [0.5, 0.6) is 0 Å². The molecule has 1 aromatic carbocycles. The minimum Gasteiger partial charge on any atom is -0.309 e. The normalized spacial score (nSPS) is 11.7. The van der Waals surface area contributed by atoms with Crippen LogP contribution in [-0.2, 0) is 19.8 Å². The van der Waals surface area contributed by atoms with Crippen LogP contribution in [0.3, 0.4) is 0 Å². The van der Waals surface area contributed by atoms with Crippen molar-refractivity contribution < 1.29 is 13.6 Å². The van der Waals surface area contributed by atoms with Crippen molar-refractivity contribution in [2.45, 2.75) is 31.8 Å². The van der Waals surface area contributed by atoms with Gasteiger partial charge in [0.1, 0.15) is 0 Å². The van der Waals surface area contributed by atoms with Crippen LogP contribution in [0.4, 0.5) is 0 Å². The highest BCUT2D eigenvalue weighted by Crippen LogP contribution is 2.52. The maximum Gasteiger partial charge on any atom is 0.335 e. The van der Waals surface area contributed by atoms with Crippen molar-refractivity contribution in [1.29, 1.82) is 0 Å². The Kier molecular flexibility index (Phi) is 7.02. The van der Waals surface area contributed by atoms with Gasteiger partial charge in [0.2, 0.25) is 0 Å². The fraction of sp³-hybridized carbons (Fsp3) is 0.538. The Morgan fingerprint density at radius 2 is 1.72 bits per heavy atom. The van der Waals surface area contributed by atoms with Gasteiger partial charge in [-0.15, -0.1) is 11.8 Å². The molecule has 0 atom stereocenters. The highest BCUT2D eigenvalue weighted by Gasteiger charge is 2.25. The molecule has 102 valence electrons. The second-order valence-electron chi connectivity index (χ2n) is 3.65. The van der Waals surface area contributed by atoms with Crippen molar-refractivity contribution in [3.63, 3.8) is 0 Å². The number of hydrogen-bond acceptors (Lipinski definition) is 4. The maximum atomic E-state index is 12.5. The predicted molar refractivity (Wildman–Crippen MR) is 77.4 cm³/mol. The third-order valence-electron chi connectivity index (χ3n) is 2.29. The van der Waals surface area contributed by atoms with E-state index in [1.165, 1.54) is 0 Å². The highest BCUT2D eigenvalue weighted by atomic mass is 32.2. The van der Waals surface area contributed by atoms with Crippen LogP contribution >= 0.6 is 19.4 Å². The molecule has 5 heteroatoms. The van der Waals surface area contributed by atoms with Crippen LogP contribution in [0.2, 0.25) is 0 Å². The first-order valence-electron chi connectivity index (χ1n) is 6.24. The van der Waals surface area contributed by atoms with Crippen LogP contribution < -0.4 is 0 Å². The monoisotopic (exact) mass is 288 g/mol. The van der Waals surface area contributed by atoms with Gasteiger partial charge >= 0.3 is 7.60 Å². The molecule has 0 amide bonds. The summed E-state index contributed by atoms with van der Waals surface area (Å²) < 4.78 is 23.1. The molecular weight excluding hydrogens is 267 g/mol. The molecule has 0 bridgehead atoms. The summed E-state index contributed by atoms with van der Waals surface area (Å²) in [6, 6.07) is 7.99. The molecule has 0 unspecified atom stereocenters. The quantitative estimate of drug-likeness (QED) is 0.518. The van der Waals surface area contributed by atoms with E-state index in [2.05, 4.69) is 6.92 Å². The van der Waals surface area contributed by atoms with E-state index in [4.69, 9.17) is 9.05 Å². The van der Waals surface area contributed by atoms with Gasteiger partial charge in [-0.25, -0.2) is 0 Å². The molecule has 18 heavy (non-hydrogen) atoms. The second-order valence-corrected chi connectivity index (χ2v) is 7.01. The van der Waals surface area contributed by atoms with Crippen LogP contribution in [0, 0.1) is 0 Å². The van der Waals surface area contributed by atoms with Crippen molar-refractivity contribution >= 4 is 19.4 Å². The topological polar surface area (TPSA) is 35.5 Å². The molecule has 0 spiro atoms. The molecule has 0 radical (unpaired) electrons. The number of rotatable bonds is 8. The largest absolute Gasteiger partial charge is 0.335 e. The fourth-order valence-electron chi connectivity index (χ4n) is 1.66. The number of thioether (sulfide) groups is 1. The maximum absolute atomic E-state index is 12.5. The van der Waals surface area contributed by atoms with E-state index < -0.39 is 7.60 Å². The van der Waals surface area contributed by atoms with Crippen LogP contribution in [0.1, 0.15) is 26.3 Å². The van der Waals surface area contributed by atoms with Gasteiger partial charge in [-0.3, -0.25) is 4.57 Å². The van der Waals surface area contributed by atoms with Gasteiger partial charge < -0.3 is 9.05 Å². The summed E-state index contributed by atoms with van der Waals surface area (Å²) in [5.74, 6) is 0.991. The zero-order valence-electron chi connectivity index (χ0n) is 11.2. The molecule has 0 N–H and O–H groups in total. The zero-order valence-corrected chi connectivity index (χ0v) is 12.9. The Balaban J connectivity index is 2.89. The van der Waals surface area contributed by atoms with Crippen molar-refractivity contribution in [2.24, 2.45) is 0 Å². The predicted octanol–water partition coefficient (Wildman–Crippen LogP) is 4.56. The standard InChI is InChI=1S/C13H21O3PS/c1-4-15-17(14,16-5-2)11-12-9-7-8-10-13(12)18-6-3/h7-10H,4-6,11H2,1-3H3. The summed E-state index contributed by atoms with van der Waals surface area (Å²) >= 11 is 1.75. The summed E-state index contributed by atoms with van der Waals surface area (Å²) in [6.07, 6.45) is 0.345. The van der Waals surface area contributed by atoms with Crippen molar-refractivity contribution in [3.05, 3.63) is 29.8 Å². The zero-order chi connectivity index (χ0) is 13.4. The van der Waals surface area contributed by atoms with E-state index in [1.807, 2.05) is 38.1 Å². The molecule has 0 fully saturated rings. The van der Waals surface area contributed by atoms with Crippen LogP contribution in [-0.4, -0.2) is 19.0 Å². The Hall–Kier alpha value is -0.280. The van der Waals surface area contributed by atoms with Gasteiger partial charge in [-0.2, -0.15) is 0 Å². The summed E-state index contributed by atoms with van der Waals surface area (Å²) in [6.45, 7) is 6.57. The summed E-state index contributed by atoms with van der Waals surface area (Å²) in [5, 5.41) is 0. The Morgan fingerprint density at radius 3 is 2.28 bits per heavy atom. The lowest BCUT2D eigenvalue weighted by Gasteiger charge is -2.18. The average Bonchev–Trinajstić information content (AvgIpc) is 2.32. The van der Waals surface area contributed by atoms with Crippen molar-refractivity contribution in [3.8, 4) is 0 Å². The van der Waals surface area contributed by atoms with E-state index in [9.17, 15) is 4.57 Å². The fourth-order valence-corrected chi connectivity index (χ4v) is 4.32. The van der Waals surface area contributed by atoms with Crippen molar-refractivity contribution in [1.82, 2.24) is 0 Å². The molecule has 0 saturated heterocycles. The number of benzene rings is 1. The minimum atomic E-state index is -3.01. The van der Waals surface area contributed by atoms with Crippen molar-refractivity contribution in [2.75, 3.05) is 19.0 Å². The molecule has 0 aromatic heterocycles. The van der Waals surface area contributed by atoms with E-state index >= 15 is 0 Å². The summed E-state index contributed by atoms with van der Waals surface area (Å²) in [7, 11) is -3.01. The van der Waals surface area contributed by atoms with Gasteiger partial charge in [0.25, 0.3) is 0 Å². The lowest BCUT2D eigenvalue weighted by Crippen LogP contribution is -2.00. The summed E-state index contributed by atoms with van der Waals surface area (Å²) in [4.78, 5) is 1.15. The highest BCUT2D eigenvalue weighted by molar-refractivity contribution is 7.99. The van der Waals surface area contributed by atoms with E-state index in [0.29, 0.717) is 19.4 Å². The first-order chi connectivity index (χ1) is 8.65. The van der Waals surface area contributed by atoms with Crippen LogP contribution in [0.25, 0.3) is 0 Å². The smallest absolute Gasteiger partial charge is 0.309 e. The first kappa shape index (κ1) is 15.8. The minimum absolute atomic E-state index is 0.345. The molecule has 0 heterocycles. The van der Waals surface area contributed by atoms with Gasteiger partial charge in [0.05, 0.1) is 19.4 Å². The summed E-state index contributed by atoms with van der Waals surface area (Å²) in [5.41, 5.74) is 1.04. The third kappa shape index (κ3) is 4.77. The third-order valence-corrected chi connectivity index (χ3v) is 5.32. The Bertz CT molecular complexity index is 399. The molecule has 1 rings (SSSR count). The van der Waals surface area contributed by atoms with Gasteiger partial charge in [0, 0.05) is 4.90 Å². The lowest BCUT2D eigenvalue weighted by atomic mass is 10.2. The SMILES string of the molecule is CCOP(=O)(Cc1ccccc1SCC)OCC. The Morgan fingerprint density at radius 1 is 1.11 bits per heavy atom. The van der Waals surface area contributed by atoms with E-state index in [0.717, 1.165) is 16.2 Å². The first-order valence-corrected chi connectivity index (χ1v) is 8.95. The lowest BCUT2D eigenvalue weighted by molar-refractivity contribution is 0.219.